The highest BCUT2D eigenvalue weighted by molar-refractivity contribution is 8.03. The minimum atomic E-state index is 0.707. The lowest BCUT2D eigenvalue weighted by molar-refractivity contribution is -0.104. The monoisotopic (exact) mass is 191 g/mol. The molecule has 0 amide bonds. The predicted molar refractivity (Wildman–Crippen MR) is 55.5 cm³/mol. The quantitative estimate of drug-likeness (QED) is 0.528. The Kier molecular flexibility index (Phi) is 2.36. The van der Waals surface area contributed by atoms with Crippen molar-refractivity contribution in [1.29, 1.82) is 0 Å². The van der Waals surface area contributed by atoms with Crippen LogP contribution in [0.2, 0.25) is 0 Å². The average Bonchev–Trinajstić information content (AvgIpc) is 2.67. The zero-order chi connectivity index (χ0) is 9.10. The summed E-state index contributed by atoms with van der Waals surface area (Å²) in [5.41, 5.74) is 1.98. The molecule has 0 N–H and O–H groups in total. The Morgan fingerprint density at radius 3 is 2.69 bits per heavy atom. The Hall–Kier alpha value is -1.22. The lowest BCUT2D eigenvalue weighted by Crippen LogP contribution is -2.11. The summed E-state index contributed by atoms with van der Waals surface area (Å²) >= 11 is 1.57. The van der Waals surface area contributed by atoms with Crippen molar-refractivity contribution in [1.82, 2.24) is 0 Å². The molecule has 0 bridgehead atoms. The van der Waals surface area contributed by atoms with Crippen LogP contribution in [0.3, 0.4) is 0 Å². The van der Waals surface area contributed by atoms with E-state index in [1.807, 2.05) is 35.7 Å². The number of para-hydroxylation sites is 1. The zero-order valence-corrected chi connectivity index (χ0v) is 7.83. The van der Waals surface area contributed by atoms with Crippen LogP contribution >= 0.6 is 11.9 Å². The maximum atomic E-state index is 10.5. The molecular weight excluding hydrogens is 182 g/mol. The molecule has 13 heavy (non-hydrogen) atoms. The summed E-state index contributed by atoms with van der Waals surface area (Å²) in [5, 5.41) is 1.89. The van der Waals surface area contributed by atoms with Crippen molar-refractivity contribution >= 4 is 23.9 Å². The molecule has 3 heteroatoms. The molecule has 1 aliphatic rings. The molecule has 0 atom stereocenters. The molecule has 0 fully saturated rings. The summed E-state index contributed by atoms with van der Waals surface area (Å²) in [6.45, 7) is 0.707. The van der Waals surface area contributed by atoms with E-state index in [2.05, 4.69) is 4.31 Å². The molecule has 0 unspecified atom stereocenters. The molecule has 1 heterocycles. The third-order valence-electron chi connectivity index (χ3n) is 1.85. The summed E-state index contributed by atoms with van der Waals surface area (Å²) in [5.74, 6) is 0. The molecule has 1 aromatic carbocycles. The van der Waals surface area contributed by atoms with E-state index in [0.29, 0.717) is 6.54 Å². The van der Waals surface area contributed by atoms with Gasteiger partial charge in [-0.2, -0.15) is 0 Å². The second kappa shape index (κ2) is 3.66. The normalized spacial score (nSPS) is 15.7. The maximum absolute atomic E-state index is 10.5. The van der Waals surface area contributed by atoms with E-state index >= 15 is 0 Å². The van der Waals surface area contributed by atoms with E-state index in [1.165, 1.54) is 0 Å². The lowest BCUT2D eigenvalue weighted by atomic mass is 10.3. The van der Waals surface area contributed by atoms with Gasteiger partial charge in [0.05, 0.1) is 6.54 Å². The van der Waals surface area contributed by atoms with Crippen molar-refractivity contribution in [3.05, 3.63) is 41.3 Å². The van der Waals surface area contributed by atoms with E-state index in [0.717, 1.165) is 17.5 Å². The van der Waals surface area contributed by atoms with Gasteiger partial charge in [0.25, 0.3) is 0 Å². The number of rotatable bonds is 2. The van der Waals surface area contributed by atoms with Crippen LogP contribution in [0, 0.1) is 0 Å². The van der Waals surface area contributed by atoms with E-state index in [9.17, 15) is 4.79 Å². The molecular formula is C10H9NOS. The van der Waals surface area contributed by atoms with Gasteiger partial charge in [-0.3, -0.25) is 4.79 Å². The first-order valence-corrected chi connectivity index (χ1v) is 4.87. The van der Waals surface area contributed by atoms with Gasteiger partial charge >= 0.3 is 0 Å². The third-order valence-corrected chi connectivity index (χ3v) is 2.86. The Labute approximate surface area is 81.4 Å². The Bertz CT molecular complexity index is 334. The van der Waals surface area contributed by atoms with Crippen LogP contribution in [0.15, 0.2) is 41.3 Å². The largest absolute Gasteiger partial charge is 0.308 e. The number of benzene rings is 1. The van der Waals surface area contributed by atoms with E-state index < -0.39 is 0 Å². The number of anilines is 1. The van der Waals surface area contributed by atoms with Crippen LogP contribution in [0.1, 0.15) is 0 Å². The minimum absolute atomic E-state index is 0.707. The van der Waals surface area contributed by atoms with Crippen molar-refractivity contribution in [3.63, 3.8) is 0 Å². The highest BCUT2D eigenvalue weighted by atomic mass is 32.2. The highest BCUT2D eigenvalue weighted by Crippen LogP contribution is 2.29. The van der Waals surface area contributed by atoms with Crippen LogP contribution in [0.4, 0.5) is 5.69 Å². The fourth-order valence-electron chi connectivity index (χ4n) is 1.18. The third kappa shape index (κ3) is 1.75. The van der Waals surface area contributed by atoms with Crippen molar-refractivity contribution < 1.29 is 4.79 Å². The molecule has 2 rings (SSSR count). The van der Waals surface area contributed by atoms with Crippen LogP contribution < -0.4 is 4.31 Å². The molecule has 0 spiro atoms. The predicted octanol–water partition coefficient (Wildman–Crippen LogP) is 2.24. The Balaban J connectivity index is 2.11. The van der Waals surface area contributed by atoms with Crippen molar-refractivity contribution in [2.24, 2.45) is 0 Å². The number of nitrogens with zero attached hydrogens (tertiary/aromatic N) is 1. The zero-order valence-electron chi connectivity index (χ0n) is 7.01. The number of aldehydes is 1. The standard InChI is InChI=1S/C10H9NOS/c12-7-9-6-11(13-8-9)10-4-2-1-3-5-10/h1-5,7-8H,6H2. The van der Waals surface area contributed by atoms with Crippen molar-refractivity contribution in [3.8, 4) is 0 Å². The van der Waals surface area contributed by atoms with Gasteiger partial charge in [-0.25, -0.2) is 0 Å². The smallest absolute Gasteiger partial charge is 0.148 e. The van der Waals surface area contributed by atoms with Gasteiger partial charge in [0.2, 0.25) is 0 Å². The first-order valence-electron chi connectivity index (χ1n) is 4.04. The van der Waals surface area contributed by atoms with Gasteiger partial charge in [-0.05, 0) is 24.1 Å². The van der Waals surface area contributed by atoms with Crippen LogP contribution in [-0.4, -0.2) is 12.8 Å². The first-order chi connectivity index (χ1) is 6.40. The molecule has 0 radical (unpaired) electrons. The molecule has 0 aliphatic carbocycles. The van der Waals surface area contributed by atoms with Gasteiger partial charge in [-0.15, -0.1) is 0 Å². The summed E-state index contributed by atoms with van der Waals surface area (Å²) in [6.07, 6.45) is 0.913. The van der Waals surface area contributed by atoms with Crippen LogP contribution in [0.25, 0.3) is 0 Å². The number of hydrogen-bond acceptors (Lipinski definition) is 3. The molecule has 0 saturated carbocycles. The molecule has 1 aromatic rings. The molecule has 66 valence electrons. The van der Waals surface area contributed by atoms with E-state index in [1.54, 1.807) is 11.9 Å². The number of carbonyl (C=O) groups excluding carboxylic acids is 1. The Morgan fingerprint density at radius 2 is 2.08 bits per heavy atom. The Morgan fingerprint density at radius 1 is 1.31 bits per heavy atom. The second-order valence-electron chi connectivity index (χ2n) is 2.79. The van der Waals surface area contributed by atoms with Crippen molar-refractivity contribution in [2.75, 3.05) is 10.8 Å². The fourth-order valence-corrected chi connectivity index (χ4v) is 2.04. The van der Waals surface area contributed by atoms with E-state index in [4.69, 9.17) is 0 Å². The van der Waals surface area contributed by atoms with Crippen molar-refractivity contribution in [2.45, 2.75) is 0 Å². The van der Waals surface area contributed by atoms with Gasteiger partial charge in [0, 0.05) is 16.7 Å². The summed E-state index contributed by atoms with van der Waals surface area (Å²) in [6, 6.07) is 10.0. The maximum Gasteiger partial charge on any atom is 0.148 e. The summed E-state index contributed by atoms with van der Waals surface area (Å²) in [7, 11) is 0. The molecule has 2 nitrogen and oxygen atoms in total. The van der Waals surface area contributed by atoms with Gasteiger partial charge in [0.15, 0.2) is 0 Å². The van der Waals surface area contributed by atoms with E-state index in [-0.39, 0.29) is 0 Å². The van der Waals surface area contributed by atoms with Gasteiger partial charge < -0.3 is 4.31 Å². The minimum Gasteiger partial charge on any atom is -0.308 e. The highest BCUT2D eigenvalue weighted by Gasteiger charge is 2.14. The molecule has 1 aliphatic heterocycles. The lowest BCUT2D eigenvalue weighted by Gasteiger charge is -2.15. The number of hydrogen-bond donors (Lipinski definition) is 0. The fraction of sp³-hybridized carbons (Fsp3) is 0.100. The first kappa shape index (κ1) is 8.38. The summed E-state index contributed by atoms with van der Waals surface area (Å²) in [4.78, 5) is 10.5. The SMILES string of the molecule is O=CC1=CSN(c2ccccc2)C1. The van der Waals surface area contributed by atoms with Gasteiger partial charge in [0.1, 0.15) is 6.29 Å². The average molecular weight is 191 g/mol. The van der Waals surface area contributed by atoms with Crippen LogP contribution in [-0.2, 0) is 4.79 Å². The topological polar surface area (TPSA) is 20.3 Å². The molecule has 0 saturated heterocycles. The molecule has 0 aromatic heterocycles. The van der Waals surface area contributed by atoms with Gasteiger partial charge in [-0.1, -0.05) is 18.2 Å². The number of carbonyl (C=O) groups is 1. The van der Waals surface area contributed by atoms with Crippen LogP contribution in [0.5, 0.6) is 0 Å². The summed E-state index contributed by atoms with van der Waals surface area (Å²) < 4.78 is 2.09. The second-order valence-corrected chi connectivity index (χ2v) is 3.68.